The van der Waals surface area contributed by atoms with Gasteiger partial charge in [0.15, 0.2) is 23.0 Å². The van der Waals surface area contributed by atoms with Gasteiger partial charge in [0.1, 0.15) is 0 Å². The molecule has 0 bridgehead atoms. The average molecular weight is 636 g/mol. The number of piperazine rings is 1. The summed E-state index contributed by atoms with van der Waals surface area (Å²) in [5, 5.41) is 18.7. The topological polar surface area (TPSA) is 133 Å². The van der Waals surface area contributed by atoms with Crippen LogP contribution in [0.15, 0.2) is 48.9 Å². The van der Waals surface area contributed by atoms with Crippen molar-refractivity contribution in [2.24, 2.45) is 0 Å². The van der Waals surface area contributed by atoms with Crippen LogP contribution in [0.2, 0.25) is 0 Å². The van der Waals surface area contributed by atoms with Crippen LogP contribution < -0.4 is 20.7 Å². The largest absolute Gasteiger partial charge is 0.494 e. The Hall–Kier alpha value is -4.62. The van der Waals surface area contributed by atoms with Crippen LogP contribution in [-0.4, -0.2) is 82.1 Å². The molecule has 1 saturated heterocycles. The average Bonchev–Trinajstić information content (AvgIpc) is 3.52. The fourth-order valence-electron chi connectivity index (χ4n) is 5.62. The number of fused-ring (bicyclic) bond motifs is 1. The minimum Gasteiger partial charge on any atom is -0.494 e. The predicted molar refractivity (Wildman–Crippen MR) is 170 cm³/mol. The zero-order valence-corrected chi connectivity index (χ0v) is 26.0. The second-order valence-corrected chi connectivity index (χ2v) is 11.1. The van der Waals surface area contributed by atoms with Crippen molar-refractivity contribution in [1.82, 2.24) is 29.9 Å². The number of aliphatic hydroxyl groups is 1. The Morgan fingerprint density at radius 2 is 1.98 bits per heavy atom. The Kier molecular flexibility index (Phi) is 10.8. The first-order valence-electron chi connectivity index (χ1n) is 15.5. The summed E-state index contributed by atoms with van der Waals surface area (Å²) in [7, 11) is 1.27. The number of aryl methyl sites for hydroxylation is 1. The van der Waals surface area contributed by atoms with Crippen molar-refractivity contribution >= 4 is 29.0 Å². The Morgan fingerprint density at radius 1 is 1.13 bits per heavy atom. The van der Waals surface area contributed by atoms with E-state index in [1.165, 1.54) is 31.6 Å². The zero-order chi connectivity index (χ0) is 32.6. The van der Waals surface area contributed by atoms with E-state index in [9.17, 15) is 23.5 Å². The molecule has 3 heterocycles. The molecule has 244 valence electrons. The summed E-state index contributed by atoms with van der Waals surface area (Å²) in [5.41, 5.74) is 2.91. The first-order chi connectivity index (χ1) is 22.3. The number of carbonyl (C=O) groups excluding carboxylic acids is 2. The number of methoxy groups -OCH3 is 1. The molecule has 2 aromatic carbocycles. The summed E-state index contributed by atoms with van der Waals surface area (Å²) < 4.78 is 35.7. The fourth-order valence-corrected chi connectivity index (χ4v) is 5.62. The molecule has 2 aromatic heterocycles. The molecule has 1 fully saturated rings. The highest BCUT2D eigenvalue weighted by atomic mass is 19.2. The molecule has 2 amide bonds. The Bertz CT molecular complexity index is 1700. The lowest BCUT2D eigenvalue weighted by Crippen LogP contribution is -2.53. The van der Waals surface area contributed by atoms with E-state index in [0.717, 1.165) is 24.8 Å². The SMILES string of the molecule is CCc1cc(Nc2nccn3c(-c4ccc(OC)c(F)c4F)cnc23)ccc1C(=O)NCCCCCC(=O)N1CCN[C@H](CO)C1. The number of unbranched alkanes of at least 4 members (excludes halogenated alkanes) is 2. The summed E-state index contributed by atoms with van der Waals surface area (Å²) in [5.74, 6) is -1.95. The highest BCUT2D eigenvalue weighted by molar-refractivity contribution is 5.96. The molecule has 11 nitrogen and oxygen atoms in total. The number of nitrogens with zero attached hydrogens (tertiary/aromatic N) is 4. The highest BCUT2D eigenvalue weighted by Crippen LogP contribution is 2.31. The maximum Gasteiger partial charge on any atom is 0.251 e. The number of hydrogen-bond acceptors (Lipinski definition) is 8. The third kappa shape index (κ3) is 7.26. The number of nitrogens with one attached hydrogen (secondary N) is 3. The van der Waals surface area contributed by atoms with Crippen molar-refractivity contribution in [3.63, 3.8) is 0 Å². The number of aliphatic hydroxyl groups excluding tert-OH is 1. The number of carbonyl (C=O) groups is 2. The van der Waals surface area contributed by atoms with Gasteiger partial charge in [0.25, 0.3) is 5.91 Å². The number of halogens is 2. The van der Waals surface area contributed by atoms with Gasteiger partial charge in [0.05, 0.1) is 25.6 Å². The summed E-state index contributed by atoms with van der Waals surface area (Å²) >= 11 is 0. The van der Waals surface area contributed by atoms with Gasteiger partial charge >= 0.3 is 0 Å². The van der Waals surface area contributed by atoms with Crippen molar-refractivity contribution in [2.75, 3.05) is 45.2 Å². The maximum absolute atomic E-state index is 14.8. The van der Waals surface area contributed by atoms with Gasteiger partial charge < -0.3 is 30.7 Å². The van der Waals surface area contributed by atoms with Crippen LogP contribution in [0, 0.1) is 11.6 Å². The first kappa shape index (κ1) is 32.8. The minimum absolute atomic E-state index is 0.0156. The standard InChI is InChI=1S/C33H39F2N7O4/c1-3-21-17-22(8-9-24(21)33(45)38-12-6-4-5-7-28(44)41-15-13-36-23(19-41)20-43)40-31-32-39-18-26(42(32)16-14-37-31)25-10-11-27(46-2)30(35)29(25)34/h8-11,14,16-18,23,36,43H,3-7,12-13,15,19-20H2,1-2H3,(H,37,40)(H,38,45)/t23-/m0/s1. The summed E-state index contributed by atoms with van der Waals surface area (Å²) in [4.78, 5) is 36.1. The van der Waals surface area contributed by atoms with Gasteiger partial charge in [-0.3, -0.25) is 14.0 Å². The number of anilines is 2. The lowest BCUT2D eigenvalue weighted by atomic mass is 10.0. The number of amides is 2. The first-order valence-corrected chi connectivity index (χ1v) is 15.5. The van der Waals surface area contributed by atoms with Crippen LogP contribution in [0.5, 0.6) is 5.75 Å². The van der Waals surface area contributed by atoms with E-state index in [-0.39, 0.29) is 35.8 Å². The lowest BCUT2D eigenvalue weighted by molar-refractivity contribution is -0.132. The van der Waals surface area contributed by atoms with Gasteiger partial charge in [0.2, 0.25) is 11.7 Å². The molecule has 1 aliphatic rings. The molecule has 4 aromatic rings. The van der Waals surface area contributed by atoms with Gasteiger partial charge in [-0.25, -0.2) is 14.4 Å². The molecule has 13 heteroatoms. The second-order valence-electron chi connectivity index (χ2n) is 11.1. The van der Waals surface area contributed by atoms with Crippen molar-refractivity contribution in [1.29, 1.82) is 0 Å². The zero-order valence-electron chi connectivity index (χ0n) is 26.0. The molecule has 0 saturated carbocycles. The van der Waals surface area contributed by atoms with Crippen LogP contribution in [0.25, 0.3) is 16.9 Å². The van der Waals surface area contributed by atoms with Crippen molar-refractivity contribution in [3.05, 3.63) is 71.7 Å². The maximum atomic E-state index is 14.8. The second kappa shape index (κ2) is 15.1. The van der Waals surface area contributed by atoms with Gasteiger partial charge in [-0.2, -0.15) is 4.39 Å². The molecule has 1 aliphatic heterocycles. The van der Waals surface area contributed by atoms with Gasteiger partial charge in [-0.15, -0.1) is 0 Å². The molecule has 4 N–H and O–H groups in total. The summed E-state index contributed by atoms with van der Waals surface area (Å²) in [6.45, 7) is 4.37. The number of imidazole rings is 1. The number of aromatic nitrogens is 3. The number of rotatable bonds is 13. The molecule has 0 spiro atoms. The number of ether oxygens (including phenoxy) is 1. The molecular formula is C33H39F2N7O4. The molecule has 0 unspecified atom stereocenters. The van der Waals surface area contributed by atoms with Crippen molar-refractivity contribution in [2.45, 2.75) is 45.1 Å². The normalized spacial score (nSPS) is 14.8. The van der Waals surface area contributed by atoms with Crippen molar-refractivity contribution < 1.29 is 28.2 Å². The van der Waals surface area contributed by atoms with E-state index in [2.05, 4.69) is 25.9 Å². The molecule has 5 rings (SSSR count). The van der Waals surface area contributed by atoms with E-state index in [1.54, 1.807) is 27.6 Å². The summed E-state index contributed by atoms with van der Waals surface area (Å²) in [6, 6.07) is 8.16. The number of benzene rings is 2. The molecule has 46 heavy (non-hydrogen) atoms. The van der Waals surface area contributed by atoms with Gasteiger partial charge in [0, 0.05) is 67.8 Å². The fraction of sp³-hybridized carbons (Fsp3) is 0.394. The van der Waals surface area contributed by atoms with Crippen molar-refractivity contribution in [3.8, 4) is 17.0 Å². The Morgan fingerprint density at radius 3 is 2.76 bits per heavy atom. The predicted octanol–water partition coefficient (Wildman–Crippen LogP) is 4.07. The van der Waals surface area contributed by atoms with E-state index in [0.29, 0.717) is 67.4 Å². The van der Waals surface area contributed by atoms with Gasteiger partial charge in [-0.05, 0) is 55.2 Å². The third-order valence-electron chi connectivity index (χ3n) is 8.15. The van der Waals surface area contributed by atoms with Crippen LogP contribution >= 0.6 is 0 Å². The molecular weight excluding hydrogens is 596 g/mol. The minimum atomic E-state index is -1.07. The monoisotopic (exact) mass is 635 g/mol. The smallest absolute Gasteiger partial charge is 0.251 e. The van der Waals surface area contributed by atoms with Crippen LogP contribution in [0.1, 0.15) is 48.5 Å². The third-order valence-corrected chi connectivity index (χ3v) is 8.15. The van der Waals surface area contributed by atoms with Gasteiger partial charge in [-0.1, -0.05) is 13.3 Å². The quantitative estimate of drug-likeness (QED) is 0.162. The molecule has 0 aliphatic carbocycles. The Labute approximate surface area is 266 Å². The number of hydrogen-bond donors (Lipinski definition) is 4. The van der Waals surface area contributed by atoms with E-state index >= 15 is 0 Å². The Balaban J connectivity index is 1.17. The van der Waals surface area contributed by atoms with E-state index in [4.69, 9.17) is 4.74 Å². The molecule has 1 atom stereocenters. The lowest BCUT2D eigenvalue weighted by Gasteiger charge is -2.32. The van der Waals surface area contributed by atoms with Crippen LogP contribution in [0.4, 0.5) is 20.3 Å². The molecule has 0 radical (unpaired) electrons. The van der Waals surface area contributed by atoms with Crippen LogP contribution in [0.3, 0.4) is 0 Å². The summed E-state index contributed by atoms with van der Waals surface area (Å²) in [6.07, 6.45) is 8.01. The van der Waals surface area contributed by atoms with Crippen LogP contribution in [-0.2, 0) is 11.2 Å². The van der Waals surface area contributed by atoms with E-state index < -0.39 is 11.6 Å². The van der Waals surface area contributed by atoms with E-state index in [1.807, 2.05) is 13.0 Å². The highest BCUT2D eigenvalue weighted by Gasteiger charge is 2.22.